The van der Waals surface area contributed by atoms with Gasteiger partial charge in [0.25, 0.3) is 0 Å². The maximum Gasteiger partial charge on any atom is 0.248 e. The van der Waals surface area contributed by atoms with Gasteiger partial charge < -0.3 is 5.32 Å². The zero-order chi connectivity index (χ0) is 15.4. The molecule has 0 aliphatic carbocycles. The number of pyridine rings is 1. The van der Waals surface area contributed by atoms with Crippen LogP contribution in [0.5, 0.6) is 0 Å². The second-order valence-corrected chi connectivity index (χ2v) is 5.13. The summed E-state index contributed by atoms with van der Waals surface area (Å²) in [5.74, 6) is -0.235. The van der Waals surface area contributed by atoms with Crippen molar-refractivity contribution < 1.29 is 4.79 Å². The van der Waals surface area contributed by atoms with Gasteiger partial charge in [-0.05, 0) is 24.3 Å². The minimum absolute atomic E-state index is 0.235. The Morgan fingerprint density at radius 2 is 1.86 bits per heavy atom. The van der Waals surface area contributed by atoms with Crippen molar-refractivity contribution in [1.29, 1.82) is 0 Å². The Hall–Kier alpha value is -2.65. The Morgan fingerprint density at radius 1 is 1.05 bits per heavy atom. The smallest absolute Gasteiger partial charge is 0.248 e. The number of carbonyl (C=O) groups is 1. The molecule has 1 amide bonds. The third kappa shape index (κ3) is 3.15. The van der Waals surface area contributed by atoms with Crippen molar-refractivity contribution in [2.24, 2.45) is 0 Å². The Kier molecular flexibility index (Phi) is 4.17. The molecule has 4 heteroatoms. The molecular weight excluding hydrogens is 296 g/mol. The van der Waals surface area contributed by atoms with Gasteiger partial charge in [0.05, 0.1) is 16.2 Å². The molecule has 3 aromatic rings. The first-order valence-electron chi connectivity index (χ1n) is 6.81. The molecule has 0 fully saturated rings. The Labute approximate surface area is 133 Å². The van der Waals surface area contributed by atoms with Crippen LogP contribution in [0.15, 0.2) is 66.9 Å². The van der Waals surface area contributed by atoms with E-state index in [-0.39, 0.29) is 5.91 Å². The van der Waals surface area contributed by atoms with Crippen LogP contribution in [0.4, 0.5) is 5.69 Å². The highest BCUT2D eigenvalue weighted by atomic mass is 35.5. The summed E-state index contributed by atoms with van der Waals surface area (Å²) in [6.45, 7) is 0. The number of hydrogen-bond donors (Lipinski definition) is 1. The Balaban J connectivity index is 1.81. The largest absolute Gasteiger partial charge is 0.321 e. The lowest BCUT2D eigenvalue weighted by atomic mass is 10.1. The summed E-state index contributed by atoms with van der Waals surface area (Å²) in [5.41, 5.74) is 2.36. The normalized spacial score (nSPS) is 11.0. The van der Waals surface area contributed by atoms with Crippen molar-refractivity contribution in [2.45, 2.75) is 0 Å². The van der Waals surface area contributed by atoms with E-state index in [1.165, 1.54) is 6.08 Å². The van der Waals surface area contributed by atoms with Crippen LogP contribution in [-0.2, 0) is 4.79 Å². The van der Waals surface area contributed by atoms with Crippen molar-refractivity contribution in [1.82, 2.24) is 4.98 Å². The molecule has 2 aromatic carbocycles. The Morgan fingerprint density at radius 3 is 2.73 bits per heavy atom. The van der Waals surface area contributed by atoms with Gasteiger partial charge in [0.1, 0.15) is 0 Å². The number of rotatable bonds is 3. The van der Waals surface area contributed by atoms with E-state index in [1.807, 2.05) is 42.5 Å². The van der Waals surface area contributed by atoms with Gasteiger partial charge in [-0.15, -0.1) is 0 Å². The quantitative estimate of drug-likeness (QED) is 0.722. The highest BCUT2D eigenvalue weighted by Gasteiger charge is 2.03. The van der Waals surface area contributed by atoms with Crippen molar-refractivity contribution in [3.05, 3.63) is 77.5 Å². The summed E-state index contributed by atoms with van der Waals surface area (Å²) < 4.78 is 0. The summed E-state index contributed by atoms with van der Waals surface area (Å²) in [6.07, 6.45) is 4.97. The van der Waals surface area contributed by atoms with Crippen molar-refractivity contribution in [3.8, 4) is 0 Å². The maximum atomic E-state index is 12.0. The molecule has 0 radical (unpaired) electrons. The predicted molar refractivity (Wildman–Crippen MR) is 90.9 cm³/mol. The van der Waals surface area contributed by atoms with E-state index >= 15 is 0 Å². The molecule has 3 rings (SSSR count). The number of aromatic nitrogens is 1. The summed E-state index contributed by atoms with van der Waals surface area (Å²) >= 11 is 6.01. The number of halogens is 1. The summed E-state index contributed by atoms with van der Waals surface area (Å²) in [5, 5.41) is 4.30. The third-order valence-electron chi connectivity index (χ3n) is 3.21. The number of benzene rings is 2. The van der Waals surface area contributed by atoms with Crippen LogP contribution in [0.3, 0.4) is 0 Å². The molecule has 0 saturated carbocycles. The van der Waals surface area contributed by atoms with Crippen LogP contribution in [-0.4, -0.2) is 10.9 Å². The van der Waals surface area contributed by atoms with Crippen LogP contribution in [0.2, 0.25) is 5.02 Å². The molecule has 0 aliphatic rings. The molecule has 0 saturated heterocycles. The van der Waals surface area contributed by atoms with Gasteiger partial charge in [0.2, 0.25) is 5.91 Å². The zero-order valence-electron chi connectivity index (χ0n) is 11.7. The molecule has 0 spiro atoms. The van der Waals surface area contributed by atoms with E-state index in [0.29, 0.717) is 10.7 Å². The van der Waals surface area contributed by atoms with Gasteiger partial charge in [0.15, 0.2) is 0 Å². The summed E-state index contributed by atoms with van der Waals surface area (Å²) in [7, 11) is 0. The first-order valence-corrected chi connectivity index (χ1v) is 7.19. The van der Waals surface area contributed by atoms with Crippen LogP contribution in [0.1, 0.15) is 5.56 Å². The predicted octanol–water partition coefficient (Wildman–Crippen LogP) is 4.54. The molecule has 1 N–H and O–H groups in total. The molecule has 1 heterocycles. The van der Waals surface area contributed by atoms with E-state index in [1.54, 1.807) is 24.4 Å². The van der Waals surface area contributed by atoms with Crippen LogP contribution in [0.25, 0.3) is 17.0 Å². The highest BCUT2D eigenvalue weighted by molar-refractivity contribution is 6.33. The van der Waals surface area contributed by atoms with E-state index < -0.39 is 0 Å². The molecule has 108 valence electrons. The number of nitrogens with one attached hydrogen (secondary N) is 1. The fraction of sp³-hybridized carbons (Fsp3) is 0. The van der Waals surface area contributed by atoms with E-state index in [2.05, 4.69) is 10.3 Å². The molecule has 0 aliphatic heterocycles. The molecular formula is C18H13ClN2O. The number of anilines is 1. The summed E-state index contributed by atoms with van der Waals surface area (Å²) in [4.78, 5) is 16.4. The zero-order valence-corrected chi connectivity index (χ0v) is 12.4. The van der Waals surface area contributed by atoms with E-state index in [4.69, 9.17) is 11.6 Å². The van der Waals surface area contributed by atoms with Gasteiger partial charge in [-0.3, -0.25) is 9.78 Å². The van der Waals surface area contributed by atoms with Crippen molar-refractivity contribution >= 4 is 40.2 Å². The second-order valence-electron chi connectivity index (χ2n) is 4.72. The molecule has 22 heavy (non-hydrogen) atoms. The van der Waals surface area contributed by atoms with Crippen LogP contribution in [0, 0.1) is 0 Å². The lowest BCUT2D eigenvalue weighted by molar-refractivity contribution is -0.111. The fourth-order valence-electron chi connectivity index (χ4n) is 2.16. The van der Waals surface area contributed by atoms with Gasteiger partial charge in [0, 0.05) is 23.2 Å². The summed E-state index contributed by atoms with van der Waals surface area (Å²) in [6, 6.07) is 16.9. The topological polar surface area (TPSA) is 42.0 Å². The average Bonchev–Trinajstić information content (AvgIpc) is 2.55. The molecule has 1 aromatic heterocycles. The number of carbonyl (C=O) groups excluding carboxylic acids is 1. The standard InChI is InChI=1S/C18H13ClN2O/c19-15-8-1-2-9-16(15)21-17(22)11-10-14-6-3-5-13-7-4-12-20-18(13)14/h1-12H,(H,21,22)/b11-10+. The van der Waals surface area contributed by atoms with Crippen molar-refractivity contribution in [2.75, 3.05) is 5.32 Å². The minimum atomic E-state index is -0.235. The molecule has 0 unspecified atom stereocenters. The number of para-hydroxylation sites is 2. The number of hydrogen-bond acceptors (Lipinski definition) is 2. The SMILES string of the molecule is O=C(/C=C/c1cccc2cccnc12)Nc1ccccc1Cl. The number of amides is 1. The van der Waals surface area contributed by atoms with Gasteiger partial charge >= 0.3 is 0 Å². The van der Waals surface area contributed by atoms with Gasteiger partial charge in [-0.25, -0.2) is 0 Å². The van der Waals surface area contributed by atoms with Crippen LogP contribution < -0.4 is 5.32 Å². The average molecular weight is 309 g/mol. The van der Waals surface area contributed by atoms with E-state index in [0.717, 1.165) is 16.5 Å². The minimum Gasteiger partial charge on any atom is -0.321 e. The first kappa shape index (κ1) is 14.3. The lowest BCUT2D eigenvalue weighted by Crippen LogP contribution is -2.07. The molecule has 0 bridgehead atoms. The molecule has 3 nitrogen and oxygen atoms in total. The molecule has 0 atom stereocenters. The maximum absolute atomic E-state index is 12.0. The Bertz CT molecular complexity index is 853. The van der Waals surface area contributed by atoms with Crippen LogP contribution >= 0.6 is 11.6 Å². The third-order valence-corrected chi connectivity index (χ3v) is 3.54. The van der Waals surface area contributed by atoms with E-state index in [9.17, 15) is 4.79 Å². The lowest BCUT2D eigenvalue weighted by Gasteiger charge is -2.04. The number of nitrogens with zero attached hydrogens (tertiary/aromatic N) is 1. The second kappa shape index (κ2) is 6.41. The fourth-order valence-corrected chi connectivity index (χ4v) is 2.35. The van der Waals surface area contributed by atoms with Gasteiger partial charge in [-0.2, -0.15) is 0 Å². The monoisotopic (exact) mass is 308 g/mol. The van der Waals surface area contributed by atoms with Crippen molar-refractivity contribution in [3.63, 3.8) is 0 Å². The number of fused-ring (bicyclic) bond motifs is 1. The first-order chi connectivity index (χ1) is 10.7. The highest BCUT2D eigenvalue weighted by Crippen LogP contribution is 2.21. The van der Waals surface area contributed by atoms with Gasteiger partial charge in [-0.1, -0.05) is 48.0 Å².